The lowest BCUT2D eigenvalue weighted by Crippen LogP contribution is -1.94. The summed E-state index contributed by atoms with van der Waals surface area (Å²) in [7, 11) is 0. The van der Waals surface area contributed by atoms with Crippen molar-refractivity contribution in [1.82, 2.24) is 4.98 Å². The lowest BCUT2D eigenvalue weighted by molar-refractivity contribution is 0.361. The van der Waals surface area contributed by atoms with Gasteiger partial charge in [0.2, 0.25) is 0 Å². The van der Waals surface area contributed by atoms with Crippen LogP contribution in [0.2, 0.25) is 0 Å². The maximum Gasteiger partial charge on any atom is 0.169 e. The molecule has 1 aromatic carbocycles. The summed E-state index contributed by atoms with van der Waals surface area (Å²) in [6.45, 7) is 1.62. The number of aliphatic imine (C=N–C) groups is 1. The summed E-state index contributed by atoms with van der Waals surface area (Å²) in [6, 6.07) is 9.33. The van der Waals surface area contributed by atoms with E-state index in [4.69, 9.17) is 11.5 Å². The highest BCUT2D eigenvalue weighted by Crippen LogP contribution is 2.20. The van der Waals surface area contributed by atoms with Gasteiger partial charge >= 0.3 is 0 Å². The highest BCUT2D eigenvalue weighted by Gasteiger charge is 1.98. The molecule has 4 N–H and O–H groups in total. The largest absolute Gasteiger partial charge is 0.482 e. The van der Waals surface area contributed by atoms with E-state index in [0.29, 0.717) is 11.5 Å². The van der Waals surface area contributed by atoms with Crippen molar-refractivity contribution in [3.8, 4) is 0 Å². The van der Waals surface area contributed by atoms with Crippen molar-refractivity contribution < 1.29 is 4.74 Å². The minimum absolute atomic E-state index is 0.464. The highest BCUT2D eigenvalue weighted by atomic mass is 16.5. The van der Waals surface area contributed by atoms with E-state index in [1.807, 2.05) is 24.3 Å². The van der Waals surface area contributed by atoms with Crippen LogP contribution in [0.3, 0.4) is 0 Å². The number of ether oxygens (including phenoxy) is 1. The number of pyridine rings is 1. The molecule has 88 valence electrons. The predicted molar refractivity (Wildman–Crippen MR) is 69.9 cm³/mol. The molecule has 0 spiro atoms. The van der Waals surface area contributed by atoms with Crippen molar-refractivity contribution in [3.63, 3.8) is 0 Å². The Balaban J connectivity index is 0.000000181. The van der Waals surface area contributed by atoms with E-state index in [9.17, 15) is 0 Å². The van der Waals surface area contributed by atoms with Gasteiger partial charge in [0.15, 0.2) is 6.40 Å². The maximum atomic E-state index is 5.74. The molecule has 0 fully saturated rings. The summed E-state index contributed by atoms with van der Waals surface area (Å²) >= 11 is 0. The average molecular weight is 230 g/mol. The Morgan fingerprint density at radius 2 is 2.00 bits per heavy atom. The summed E-state index contributed by atoms with van der Waals surface area (Å²) in [4.78, 5) is 7.87. The number of nitrogen functional groups attached to an aromatic ring is 2. The number of fused-ring (bicyclic) bond motifs is 1. The fraction of sp³-hybridized carbons (Fsp3) is 0.167. The summed E-state index contributed by atoms with van der Waals surface area (Å²) < 4.78 is 4.65. The van der Waals surface area contributed by atoms with Gasteiger partial charge in [0.1, 0.15) is 12.4 Å². The summed E-state index contributed by atoms with van der Waals surface area (Å²) in [5.74, 6) is 0.464. The quantitative estimate of drug-likeness (QED) is 0.717. The molecule has 17 heavy (non-hydrogen) atoms. The first kappa shape index (κ1) is 11.2. The van der Waals surface area contributed by atoms with E-state index in [1.165, 1.54) is 6.40 Å². The Morgan fingerprint density at radius 1 is 1.18 bits per heavy atom. The molecule has 2 heterocycles. The number of nitrogens with zero attached hydrogens (tertiary/aromatic N) is 2. The van der Waals surface area contributed by atoms with Crippen LogP contribution >= 0.6 is 0 Å². The molecule has 0 saturated heterocycles. The molecule has 0 bridgehead atoms. The van der Waals surface area contributed by atoms with Crippen molar-refractivity contribution in [2.24, 2.45) is 4.99 Å². The zero-order chi connectivity index (χ0) is 12.1. The third-order valence-electron chi connectivity index (χ3n) is 2.26. The number of para-hydroxylation sites is 1. The topological polar surface area (TPSA) is 86.5 Å². The fourth-order valence-electron chi connectivity index (χ4n) is 1.49. The molecule has 0 amide bonds. The normalized spacial score (nSPS) is 12.9. The van der Waals surface area contributed by atoms with Crippen molar-refractivity contribution >= 4 is 28.8 Å². The van der Waals surface area contributed by atoms with Crippen LogP contribution in [-0.2, 0) is 4.74 Å². The minimum atomic E-state index is 0.464. The molecule has 1 aliphatic heterocycles. The Morgan fingerprint density at radius 3 is 2.65 bits per heavy atom. The lowest BCUT2D eigenvalue weighted by atomic mass is 10.2. The Bertz CT molecular complexity index is 533. The first-order valence-electron chi connectivity index (χ1n) is 5.28. The highest BCUT2D eigenvalue weighted by molar-refractivity contribution is 5.91. The number of nitrogens with two attached hydrogens (primary N) is 2. The molecule has 3 rings (SSSR count). The molecule has 0 radical (unpaired) electrons. The molecule has 1 aromatic heterocycles. The third kappa shape index (κ3) is 2.84. The summed E-state index contributed by atoms with van der Waals surface area (Å²) in [5.41, 5.74) is 12.8. The second-order valence-electron chi connectivity index (χ2n) is 3.54. The fourth-order valence-corrected chi connectivity index (χ4v) is 1.49. The standard InChI is InChI=1S/C9H9N3.C3H5NO/c10-7-5-9(11)12-8-4-2-1-3-6(7)8;1-2-5-3-4-1/h1-5H,(H4,10,11,12);3H,1-2H2. The van der Waals surface area contributed by atoms with E-state index in [1.54, 1.807) is 6.07 Å². The van der Waals surface area contributed by atoms with Crippen molar-refractivity contribution in [2.75, 3.05) is 24.6 Å². The first-order valence-corrected chi connectivity index (χ1v) is 5.28. The number of hydrogen-bond acceptors (Lipinski definition) is 5. The Labute approximate surface area is 99.1 Å². The van der Waals surface area contributed by atoms with Crippen LogP contribution in [0.15, 0.2) is 35.3 Å². The van der Waals surface area contributed by atoms with E-state index < -0.39 is 0 Å². The van der Waals surface area contributed by atoms with Gasteiger partial charge in [-0.25, -0.2) is 4.98 Å². The number of rotatable bonds is 0. The van der Waals surface area contributed by atoms with Crippen LogP contribution in [0.5, 0.6) is 0 Å². The van der Waals surface area contributed by atoms with Crippen LogP contribution < -0.4 is 11.5 Å². The van der Waals surface area contributed by atoms with E-state index in [2.05, 4.69) is 14.7 Å². The van der Waals surface area contributed by atoms with Crippen molar-refractivity contribution in [1.29, 1.82) is 0 Å². The molecule has 1 aliphatic rings. The van der Waals surface area contributed by atoms with Gasteiger partial charge in [0.05, 0.1) is 12.1 Å². The molecular formula is C12H14N4O. The third-order valence-corrected chi connectivity index (χ3v) is 2.26. The summed E-state index contributed by atoms with van der Waals surface area (Å²) in [5, 5.41) is 0.951. The SMILES string of the molecule is C1=NCCO1.Nc1cc(N)c2ccccc2n1. The van der Waals surface area contributed by atoms with Gasteiger partial charge in [-0.3, -0.25) is 4.99 Å². The van der Waals surface area contributed by atoms with Crippen LogP contribution in [0.1, 0.15) is 0 Å². The van der Waals surface area contributed by atoms with Gasteiger partial charge in [-0.15, -0.1) is 0 Å². The van der Waals surface area contributed by atoms with Gasteiger partial charge in [-0.1, -0.05) is 18.2 Å². The zero-order valence-electron chi connectivity index (χ0n) is 9.34. The van der Waals surface area contributed by atoms with Crippen LogP contribution in [0, 0.1) is 0 Å². The molecule has 0 saturated carbocycles. The molecule has 5 nitrogen and oxygen atoms in total. The predicted octanol–water partition coefficient (Wildman–Crippen LogP) is 1.44. The van der Waals surface area contributed by atoms with E-state index in [-0.39, 0.29) is 0 Å². The van der Waals surface area contributed by atoms with Crippen LogP contribution in [0.25, 0.3) is 10.9 Å². The smallest absolute Gasteiger partial charge is 0.169 e. The van der Waals surface area contributed by atoms with Gasteiger partial charge in [0, 0.05) is 17.1 Å². The van der Waals surface area contributed by atoms with Crippen molar-refractivity contribution in [2.45, 2.75) is 0 Å². The average Bonchev–Trinajstić information content (AvgIpc) is 2.87. The van der Waals surface area contributed by atoms with E-state index in [0.717, 1.165) is 24.1 Å². The minimum Gasteiger partial charge on any atom is -0.482 e. The van der Waals surface area contributed by atoms with Gasteiger partial charge in [-0.2, -0.15) is 0 Å². The second-order valence-corrected chi connectivity index (χ2v) is 3.54. The summed E-state index contributed by atoms with van der Waals surface area (Å²) in [6.07, 6.45) is 1.49. The number of hydrogen-bond donors (Lipinski definition) is 2. The van der Waals surface area contributed by atoms with Gasteiger partial charge in [0.25, 0.3) is 0 Å². The Kier molecular flexibility index (Phi) is 3.40. The van der Waals surface area contributed by atoms with E-state index >= 15 is 0 Å². The monoisotopic (exact) mass is 230 g/mol. The maximum absolute atomic E-state index is 5.74. The molecule has 5 heteroatoms. The molecule has 0 aliphatic carbocycles. The van der Waals surface area contributed by atoms with Crippen molar-refractivity contribution in [3.05, 3.63) is 30.3 Å². The van der Waals surface area contributed by atoms with Crippen LogP contribution in [0.4, 0.5) is 11.5 Å². The molecule has 0 unspecified atom stereocenters. The molecule has 0 atom stereocenters. The zero-order valence-corrected chi connectivity index (χ0v) is 9.34. The lowest BCUT2D eigenvalue weighted by Gasteiger charge is -2.01. The second kappa shape index (κ2) is 5.16. The molecular weight excluding hydrogens is 216 g/mol. The van der Waals surface area contributed by atoms with Gasteiger partial charge < -0.3 is 16.2 Å². The number of benzene rings is 1. The Hall–Kier alpha value is -2.30. The number of anilines is 2. The van der Waals surface area contributed by atoms with Gasteiger partial charge in [-0.05, 0) is 6.07 Å². The first-order chi connectivity index (χ1) is 8.27. The van der Waals surface area contributed by atoms with Crippen LogP contribution in [-0.4, -0.2) is 24.5 Å². The number of aromatic nitrogens is 1. The molecule has 2 aromatic rings.